The number of carbonyl (C=O) groups is 1. The number of amides is 1. The number of rotatable bonds is 4. The molecule has 0 radical (unpaired) electrons. The molecule has 1 aromatic rings. The Bertz CT molecular complexity index is 628. The van der Waals surface area contributed by atoms with Crippen LogP contribution in [0.4, 0.5) is 5.69 Å². The van der Waals surface area contributed by atoms with Gasteiger partial charge in [0, 0.05) is 16.7 Å². The molecule has 19 heavy (non-hydrogen) atoms. The van der Waals surface area contributed by atoms with Crippen LogP contribution in [0.3, 0.4) is 0 Å². The van der Waals surface area contributed by atoms with E-state index in [0.29, 0.717) is 15.7 Å². The zero-order chi connectivity index (χ0) is 14.2. The van der Waals surface area contributed by atoms with Gasteiger partial charge in [0.05, 0.1) is 17.4 Å². The van der Waals surface area contributed by atoms with Crippen molar-refractivity contribution in [2.45, 2.75) is 24.3 Å². The molecule has 0 unspecified atom stereocenters. The largest absolute Gasteiger partial charge is 0.392 e. The predicted molar refractivity (Wildman–Crippen MR) is 73.3 cm³/mol. The maximum atomic E-state index is 12.1. The number of aliphatic hydroxyl groups excluding tert-OH is 1. The molecule has 104 valence electrons. The standard InChI is InChI=1S/C11H13BrN2O4S/c1-6(15)5-13-19(17,18)10-2-7-3-11(16)14-9(7)4-8(10)12/h2,4,6,13,15H,3,5H2,1H3,(H,14,16)/t6-/m1/s1. The van der Waals surface area contributed by atoms with Crippen LogP contribution in [0.5, 0.6) is 0 Å². The fourth-order valence-electron chi connectivity index (χ4n) is 1.74. The molecule has 0 fully saturated rings. The highest BCUT2D eigenvalue weighted by Crippen LogP contribution is 2.32. The minimum atomic E-state index is -3.72. The van der Waals surface area contributed by atoms with Crippen molar-refractivity contribution >= 4 is 37.5 Å². The van der Waals surface area contributed by atoms with E-state index < -0.39 is 16.1 Å². The molecule has 3 N–H and O–H groups in total. The van der Waals surface area contributed by atoms with Crippen LogP contribution in [-0.2, 0) is 21.2 Å². The number of anilines is 1. The lowest BCUT2D eigenvalue weighted by molar-refractivity contribution is -0.115. The fourth-order valence-corrected chi connectivity index (χ4v) is 3.95. The maximum absolute atomic E-state index is 12.1. The van der Waals surface area contributed by atoms with Gasteiger partial charge >= 0.3 is 0 Å². The molecule has 0 aliphatic carbocycles. The van der Waals surface area contributed by atoms with Gasteiger partial charge in [-0.15, -0.1) is 0 Å². The Morgan fingerprint density at radius 3 is 2.84 bits per heavy atom. The Kier molecular flexibility index (Phi) is 3.95. The van der Waals surface area contributed by atoms with Crippen LogP contribution in [0.25, 0.3) is 0 Å². The smallest absolute Gasteiger partial charge is 0.241 e. The van der Waals surface area contributed by atoms with Gasteiger partial charge in [0.25, 0.3) is 0 Å². The molecule has 1 aliphatic heterocycles. The number of sulfonamides is 1. The van der Waals surface area contributed by atoms with E-state index in [1.54, 1.807) is 6.07 Å². The summed E-state index contributed by atoms with van der Waals surface area (Å²) in [5.74, 6) is -0.159. The van der Waals surface area contributed by atoms with Crippen molar-refractivity contribution in [2.24, 2.45) is 0 Å². The summed E-state index contributed by atoms with van der Waals surface area (Å²) in [6.45, 7) is 1.42. The summed E-state index contributed by atoms with van der Waals surface area (Å²) in [5.41, 5.74) is 1.26. The lowest BCUT2D eigenvalue weighted by atomic mass is 10.2. The van der Waals surface area contributed by atoms with Crippen molar-refractivity contribution in [3.63, 3.8) is 0 Å². The molecule has 1 amide bonds. The highest BCUT2D eigenvalue weighted by atomic mass is 79.9. The zero-order valence-electron chi connectivity index (χ0n) is 10.1. The number of aliphatic hydroxyl groups is 1. The summed E-state index contributed by atoms with van der Waals surface area (Å²) in [6, 6.07) is 3.03. The minimum Gasteiger partial charge on any atom is -0.392 e. The zero-order valence-corrected chi connectivity index (χ0v) is 12.5. The third-order valence-electron chi connectivity index (χ3n) is 2.64. The fraction of sp³-hybridized carbons (Fsp3) is 0.364. The van der Waals surface area contributed by atoms with Crippen molar-refractivity contribution in [1.29, 1.82) is 0 Å². The molecule has 0 aromatic heterocycles. The second-order valence-electron chi connectivity index (χ2n) is 4.37. The number of benzene rings is 1. The van der Waals surface area contributed by atoms with Crippen LogP contribution in [-0.4, -0.2) is 32.1 Å². The van der Waals surface area contributed by atoms with E-state index in [1.165, 1.54) is 13.0 Å². The highest BCUT2D eigenvalue weighted by Gasteiger charge is 2.24. The van der Waals surface area contributed by atoms with Crippen molar-refractivity contribution in [3.05, 3.63) is 22.2 Å². The summed E-state index contributed by atoms with van der Waals surface area (Å²) in [4.78, 5) is 11.3. The molecule has 1 aromatic carbocycles. The third kappa shape index (κ3) is 3.14. The van der Waals surface area contributed by atoms with Crippen molar-refractivity contribution in [2.75, 3.05) is 11.9 Å². The van der Waals surface area contributed by atoms with Gasteiger partial charge in [0.2, 0.25) is 15.9 Å². The molecule has 2 rings (SSSR count). The van der Waals surface area contributed by atoms with Gasteiger partial charge < -0.3 is 10.4 Å². The number of carbonyl (C=O) groups excluding carboxylic acids is 1. The van der Waals surface area contributed by atoms with Crippen LogP contribution < -0.4 is 10.0 Å². The normalized spacial score (nSPS) is 16.1. The van der Waals surface area contributed by atoms with Crippen molar-refractivity contribution < 1.29 is 18.3 Å². The molecule has 6 nitrogen and oxygen atoms in total. The summed E-state index contributed by atoms with van der Waals surface area (Å²) < 4.78 is 26.8. The number of fused-ring (bicyclic) bond motifs is 1. The Labute approximate surface area is 119 Å². The molecular weight excluding hydrogens is 336 g/mol. The predicted octanol–water partition coefficient (Wildman–Crippen LogP) is 0.603. The van der Waals surface area contributed by atoms with Crippen LogP contribution in [0, 0.1) is 0 Å². The minimum absolute atomic E-state index is 0.0587. The van der Waals surface area contributed by atoms with Crippen LogP contribution >= 0.6 is 15.9 Å². The monoisotopic (exact) mass is 348 g/mol. The summed E-state index contributed by atoms with van der Waals surface area (Å²) in [5, 5.41) is 11.8. The van der Waals surface area contributed by atoms with E-state index in [-0.39, 0.29) is 23.8 Å². The Morgan fingerprint density at radius 2 is 2.21 bits per heavy atom. The van der Waals surface area contributed by atoms with Crippen molar-refractivity contribution in [3.8, 4) is 0 Å². The average Bonchev–Trinajstić information content (AvgIpc) is 2.64. The molecule has 8 heteroatoms. The first-order valence-corrected chi connectivity index (χ1v) is 7.87. The van der Waals surface area contributed by atoms with Gasteiger partial charge in [-0.3, -0.25) is 4.79 Å². The molecule has 0 saturated carbocycles. The van der Waals surface area contributed by atoms with Crippen LogP contribution in [0.1, 0.15) is 12.5 Å². The van der Waals surface area contributed by atoms with E-state index >= 15 is 0 Å². The quantitative estimate of drug-likeness (QED) is 0.742. The maximum Gasteiger partial charge on any atom is 0.241 e. The Morgan fingerprint density at radius 1 is 1.53 bits per heavy atom. The van der Waals surface area contributed by atoms with E-state index in [0.717, 1.165) is 0 Å². The SMILES string of the molecule is C[C@@H](O)CNS(=O)(=O)c1cc2c(cc1Br)NC(=O)C2. The molecule has 1 aliphatic rings. The number of hydrogen-bond acceptors (Lipinski definition) is 4. The lowest BCUT2D eigenvalue weighted by Gasteiger charge is -2.11. The van der Waals surface area contributed by atoms with E-state index in [4.69, 9.17) is 5.11 Å². The Balaban J connectivity index is 2.36. The molecule has 0 saturated heterocycles. The molecule has 0 spiro atoms. The van der Waals surface area contributed by atoms with E-state index in [1.807, 2.05) is 0 Å². The summed E-state index contributed by atoms with van der Waals surface area (Å²) in [6.07, 6.45) is -0.604. The number of halogens is 1. The van der Waals surface area contributed by atoms with Crippen LogP contribution in [0.15, 0.2) is 21.5 Å². The average molecular weight is 349 g/mol. The van der Waals surface area contributed by atoms with Gasteiger partial charge in [-0.25, -0.2) is 13.1 Å². The van der Waals surface area contributed by atoms with Gasteiger partial charge in [-0.2, -0.15) is 0 Å². The highest BCUT2D eigenvalue weighted by molar-refractivity contribution is 9.10. The Hall–Kier alpha value is -0.960. The third-order valence-corrected chi connectivity index (χ3v) is 5.02. The van der Waals surface area contributed by atoms with Gasteiger partial charge in [-0.05, 0) is 40.5 Å². The van der Waals surface area contributed by atoms with Gasteiger partial charge in [-0.1, -0.05) is 0 Å². The number of hydrogen-bond donors (Lipinski definition) is 3. The molecular formula is C11H13BrN2O4S. The number of nitrogens with one attached hydrogen (secondary N) is 2. The molecule has 1 heterocycles. The molecule has 1 atom stereocenters. The molecule has 0 bridgehead atoms. The summed E-state index contributed by atoms with van der Waals surface area (Å²) >= 11 is 3.18. The topological polar surface area (TPSA) is 95.5 Å². The van der Waals surface area contributed by atoms with Gasteiger partial charge in [0.15, 0.2) is 0 Å². The van der Waals surface area contributed by atoms with E-state index in [2.05, 4.69) is 26.0 Å². The second kappa shape index (κ2) is 5.20. The van der Waals surface area contributed by atoms with Crippen molar-refractivity contribution in [1.82, 2.24) is 4.72 Å². The first kappa shape index (κ1) is 14.4. The second-order valence-corrected chi connectivity index (χ2v) is 6.96. The first-order chi connectivity index (χ1) is 8.79. The first-order valence-electron chi connectivity index (χ1n) is 5.59. The lowest BCUT2D eigenvalue weighted by Crippen LogP contribution is -2.30. The van der Waals surface area contributed by atoms with E-state index in [9.17, 15) is 13.2 Å². The van der Waals surface area contributed by atoms with Gasteiger partial charge in [0.1, 0.15) is 0 Å². The summed E-state index contributed by atoms with van der Waals surface area (Å²) in [7, 11) is -3.72. The van der Waals surface area contributed by atoms with Crippen LogP contribution in [0.2, 0.25) is 0 Å².